The number of ether oxygens (including phenoxy) is 1. The number of anilines is 1. The second-order valence-electron chi connectivity index (χ2n) is 5.80. The van der Waals surface area contributed by atoms with E-state index in [4.69, 9.17) is 16.3 Å². The van der Waals surface area contributed by atoms with E-state index >= 15 is 0 Å². The normalized spacial score (nSPS) is 16.0. The highest BCUT2D eigenvalue weighted by Crippen LogP contribution is 2.34. The Morgan fingerprint density at radius 2 is 1.88 bits per heavy atom. The lowest BCUT2D eigenvalue weighted by atomic mass is 10.0. The van der Waals surface area contributed by atoms with Gasteiger partial charge in [0.05, 0.1) is 30.2 Å². The minimum Gasteiger partial charge on any atom is -0.493 e. The predicted molar refractivity (Wildman–Crippen MR) is 97.8 cm³/mol. The third-order valence-electron chi connectivity index (χ3n) is 4.21. The van der Waals surface area contributed by atoms with Gasteiger partial charge in [-0.2, -0.15) is 9.78 Å². The lowest BCUT2D eigenvalue weighted by Crippen LogP contribution is -2.25. The quantitative estimate of drug-likeness (QED) is 0.777. The molecular formula is C19H16ClN3O2. The van der Waals surface area contributed by atoms with Gasteiger partial charge in [-0.15, -0.1) is 0 Å². The number of rotatable bonds is 3. The molecule has 0 spiro atoms. The van der Waals surface area contributed by atoms with Crippen LogP contribution in [0.5, 0.6) is 5.75 Å². The average molecular weight is 354 g/mol. The molecule has 1 N–H and O–H groups in total. The molecule has 126 valence electrons. The number of halogens is 1. The summed E-state index contributed by atoms with van der Waals surface area (Å²) >= 11 is 6.33. The Bertz CT molecular complexity index is 956. The van der Waals surface area contributed by atoms with Crippen molar-refractivity contribution in [2.24, 2.45) is 0 Å². The average Bonchev–Trinajstić information content (AvgIpc) is 2.66. The van der Waals surface area contributed by atoms with E-state index in [1.807, 2.05) is 54.6 Å². The SMILES string of the molecule is O=c1c(Cl)c(N[C@H]2CCOc3ccccc32)cnn1-c1ccccc1. The fraction of sp³-hybridized carbons (Fsp3) is 0.158. The van der Waals surface area contributed by atoms with Gasteiger partial charge < -0.3 is 10.1 Å². The van der Waals surface area contributed by atoms with E-state index in [0.717, 1.165) is 17.7 Å². The first-order chi connectivity index (χ1) is 12.2. The first-order valence-electron chi connectivity index (χ1n) is 8.05. The molecule has 0 amide bonds. The van der Waals surface area contributed by atoms with Crippen molar-refractivity contribution >= 4 is 17.3 Å². The molecule has 0 radical (unpaired) electrons. The molecular weight excluding hydrogens is 338 g/mol. The highest BCUT2D eigenvalue weighted by molar-refractivity contribution is 6.33. The Kier molecular flexibility index (Phi) is 4.15. The van der Waals surface area contributed by atoms with Crippen LogP contribution in [-0.2, 0) is 0 Å². The third kappa shape index (κ3) is 2.98. The summed E-state index contributed by atoms with van der Waals surface area (Å²) in [5, 5.41) is 7.72. The number of para-hydroxylation sites is 2. The van der Waals surface area contributed by atoms with Gasteiger partial charge in [-0.25, -0.2) is 0 Å². The number of nitrogens with zero attached hydrogens (tertiary/aromatic N) is 2. The third-order valence-corrected chi connectivity index (χ3v) is 4.57. The highest BCUT2D eigenvalue weighted by atomic mass is 35.5. The number of hydrogen-bond donors (Lipinski definition) is 1. The molecule has 1 atom stereocenters. The molecule has 25 heavy (non-hydrogen) atoms. The summed E-state index contributed by atoms with van der Waals surface area (Å²) in [7, 11) is 0. The molecule has 1 aliphatic heterocycles. The molecule has 4 rings (SSSR count). The Hall–Kier alpha value is -2.79. The lowest BCUT2D eigenvalue weighted by molar-refractivity contribution is 0.274. The van der Waals surface area contributed by atoms with Gasteiger partial charge in [-0.3, -0.25) is 4.79 Å². The van der Waals surface area contributed by atoms with Gasteiger partial charge in [0.1, 0.15) is 10.8 Å². The van der Waals surface area contributed by atoms with Crippen LogP contribution in [0.2, 0.25) is 5.02 Å². The molecule has 0 unspecified atom stereocenters. The molecule has 1 aromatic heterocycles. The van der Waals surface area contributed by atoms with Crippen molar-refractivity contribution < 1.29 is 4.74 Å². The highest BCUT2D eigenvalue weighted by Gasteiger charge is 2.22. The molecule has 0 fully saturated rings. The van der Waals surface area contributed by atoms with Crippen LogP contribution in [-0.4, -0.2) is 16.4 Å². The largest absolute Gasteiger partial charge is 0.493 e. The van der Waals surface area contributed by atoms with Crippen molar-refractivity contribution in [1.29, 1.82) is 0 Å². The lowest BCUT2D eigenvalue weighted by Gasteiger charge is -2.27. The molecule has 1 aliphatic rings. The van der Waals surface area contributed by atoms with E-state index in [0.29, 0.717) is 18.0 Å². The van der Waals surface area contributed by atoms with Crippen LogP contribution in [0.1, 0.15) is 18.0 Å². The fourth-order valence-electron chi connectivity index (χ4n) is 2.97. The topological polar surface area (TPSA) is 56.1 Å². The standard InChI is InChI=1S/C19H16ClN3O2/c20-18-16(12-21-23(19(18)24)13-6-2-1-3-7-13)22-15-10-11-25-17-9-5-4-8-14(15)17/h1-9,12,15,22H,10-11H2/t15-/m0/s1. The zero-order chi connectivity index (χ0) is 17.2. The summed E-state index contributed by atoms with van der Waals surface area (Å²) in [6.45, 7) is 0.612. The minimum atomic E-state index is -0.349. The van der Waals surface area contributed by atoms with Crippen LogP contribution >= 0.6 is 11.6 Å². The molecule has 0 saturated carbocycles. The second kappa shape index (κ2) is 6.61. The van der Waals surface area contributed by atoms with Gasteiger partial charge >= 0.3 is 0 Å². The predicted octanol–water partition coefficient (Wildman–Crippen LogP) is 3.82. The molecule has 2 aromatic carbocycles. The van der Waals surface area contributed by atoms with E-state index in [1.54, 1.807) is 6.20 Å². The van der Waals surface area contributed by atoms with Gasteiger partial charge in [0.25, 0.3) is 5.56 Å². The van der Waals surface area contributed by atoms with E-state index in [-0.39, 0.29) is 16.6 Å². The molecule has 6 heteroatoms. The van der Waals surface area contributed by atoms with Crippen molar-refractivity contribution in [2.75, 3.05) is 11.9 Å². The first kappa shape index (κ1) is 15.7. The maximum absolute atomic E-state index is 12.6. The van der Waals surface area contributed by atoms with Crippen molar-refractivity contribution in [1.82, 2.24) is 9.78 Å². The fourth-order valence-corrected chi connectivity index (χ4v) is 3.15. The van der Waals surface area contributed by atoms with Crippen molar-refractivity contribution in [3.8, 4) is 11.4 Å². The Labute approximate surface area is 149 Å². The maximum Gasteiger partial charge on any atom is 0.292 e. The second-order valence-corrected chi connectivity index (χ2v) is 6.17. The van der Waals surface area contributed by atoms with Crippen molar-refractivity contribution in [3.63, 3.8) is 0 Å². The summed E-state index contributed by atoms with van der Waals surface area (Å²) in [5.41, 5.74) is 1.91. The number of nitrogens with one attached hydrogen (secondary N) is 1. The molecule has 2 heterocycles. The van der Waals surface area contributed by atoms with Gasteiger partial charge in [-0.1, -0.05) is 48.0 Å². The zero-order valence-corrected chi connectivity index (χ0v) is 14.1. The van der Waals surface area contributed by atoms with Gasteiger partial charge in [0, 0.05) is 12.0 Å². The summed E-state index contributed by atoms with van der Waals surface area (Å²) in [4.78, 5) is 12.6. The van der Waals surface area contributed by atoms with Crippen molar-refractivity contribution in [3.05, 3.63) is 81.7 Å². The molecule has 3 aromatic rings. The van der Waals surface area contributed by atoms with Gasteiger partial charge in [0.2, 0.25) is 0 Å². The van der Waals surface area contributed by atoms with Crippen LogP contribution in [0.15, 0.2) is 65.6 Å². The Balaban J connectivity index is 1.67. The van der Waals surface area contributed by atoms with Crippen LogP contribution in [0, 0.1) is 0 Å². The first-order valence-corrected chi connectivity index (χ1v) is 8.43. The summed E-state index contributed by atoms with van der Waals surface area (Å²) < 4.78 is 6.96. The Morgan fingerprint density at radius 1 is 1.12 bits per heavy atom. The number of hydrogen-bond acceptors (Lipinski definition) is 4. The molecule has 0 saturated heterocycles. The summed E-state index contributed by atoms with van der Waals surface area (Å²) in [6, 6.07) is 17.1. The van der Waals surface area contributed by atoms with Crippen LogP contribution < -0.4 is 15.6 Å². The molecule has 5 nitrogen and oxygen atoms in total. The number of fused-ring (bicyclic) bond motifs is 1. The van der Waals surface area contributed by atoms with E-state index in [1.165, 1.54) is 4.68 Å². The molecule has 0 bridgehead atoms. The monoisotopic (exact) mass is 353 g/mol. The van der Waals surface area contributed by atoms with E-state index in [9.17, 15) is 4.79 Å². The van der Waals surface area contributed by atoms with Gasteiger partial charge in [-0.05, 0) is 18.2 Å². The minimum absolute atomic E-state index is 0.0243. The van der Waals surface area contributed by atoms with Crippen molar-refractivity contribution in [2.45, 2.75) is 12.5 Å². The zero-order valence-electron chi connectivity index (χ0n) is 13.4. The van der Waals surface area contributed by atoms with Crippen LogP contribution in [0.25, 0.3) is 5.69 Å². The maximum atomic E-state index is 12.6. The number of aromatic nitrogens is 2. The Morgan fingerprint density at radius 3 is 2.72 bits per heavy atom. The summed E-state index contributed by atoms with van der Waals surface area (Å²) in [5.74, 6) is 0.855. The molecule has 0 aliphatic carbocycles. The van der Waals surface area contributed by atoms with E-state index < -0.39 is 0 Å². The smallest absolute Gasteiger partial charge is 0.292 e. The summed E-state index contributed by atoms with van der Waals surface area (Å²) in [6.07, 6.45) is 2.38. The van der Waals surface area contributed by atoms with Crippen LogP contribution in [0.4, 0.5) is 5.69 Å². The van der Waals surface area contributed by atoms with Crippen LogP contribution in [0.3, 0.4) is 0 Å². The number of benzene rings is 2. The van der Waals surface area contributed by atoms with E-state index in [2.05, 4.69) is 10.4 Å². The van der Waals surface area contributed by atoms with Gasteiger partial charge in [0.15, 0.2) is 0 Å².